The van der Waals surface area contributed by atoms with Crippen LogP contribution in [0.25, 0.3) is 11.7 Å². The molecule has 1 saturated carbocycles. The van der Waals surface area contributed by atoms with Gasteiger partial charge in [0.05, 0.1) is 0 Å². The first-order chi connectivity index (χ1) is 13.7. The minimum Gasteiger partial charge on any atom is -0.486 e. The third kappa shape index (κ3) is 4.32. The Labute approximate surface area is 168 Å². The Hall–Kier alpha value is -2.91. The summed E-state index contributed by atoms with van der Waals surface area (Å²) in [6.07, 6.45) is 5.80. The van der Waals surface area contributed by atoms with Gasteiger partial charge in [0, 0.05) is 11.1 Å². The lowest BCUT2D eigenvalue weighted by atomic mass is 9.95. The molecule has 0 saturated heterocycles. The maximum atomic E-state index is 9.37. The highest BCUT2D eigenvalue weighted by atomic mass is 35.5. The lowest BCUT2D eigenvalue weighted by Gasteiger charge is -2.22. The first-order valence-corrected chi connectivity index (χ1v) is 9.74. The summed E-state index contributed by atoms with van der Waals surface area (Å²) in [7, 11) is 0. The van der Waals surface area contributed by atoms with Gasteiger partial charge in [-0.3, -0.25) is 0 Å². The number of ether oxygens (including phenoxy) is 1. The highest BCUT2D eigenvalue weighted by Crippen LogP contribution is 2.30. The standard InChI is InChI=1S/C21H20ClN3O3/c22-14-6-8-16(9-7-14)26-13-17-10-11-19(27-17)21-25-18(12-23)20(28-21)24-15-4-2-1-3-5-15/h6-11,15,24H,1-5,13H2. The number of furan rings is 1. The van der Waals surface area contributed by atoms with Crippen molar-refractivity contribution in [2.75, 3.05) is 5.32 Å². The first kappa shape index (κ1) is 18.5. The van der Waals surface area contributed by atoms with Crippen LogP contribution in [-0.4, -0.2) is 11.0 Å². The summed E-state index contributed by atoms with van der Waals surface area (Å²) in [5.41, 5.74) is 0.246. The van der Waals surface area contributed by atoms with Gasteiger partial charge >= 0.3 is 0 Å². The van der Waals surface area contributed by atoms with E-state index in [9.17, 15) is 5.26 Å². The van der Waals surface area contributed by atoms with E-state index < -0.39 is 0 Å². The lowest BCUT2D eigenvalue weighted by Crippen LogP contribution is -2.22. The number of benzene rings is 1. The van der Waals surface area contributed by atoms with Crippen LogP contribution in [0.15, 0.2) is 45.2 Å². The molecular formula is C21H20ClN3O3. The summed E-state index contributed by atoms with van der Waals surface area (Å²) in [4.78, 5) is 4.27. The Morgan fingerprint density at radius 1 is 1.11 bits per heavy atom. The zero-order valence-electron chi connectivity index (χ0n) is 15.3. The van der Waals surface area contributed by atoms with Gasteiger partial charge in [-0.2, -0.15) is 10.2 Å². The van der Waals surface area contributed by atoms with E-state index in [1.54, 1.807) is 36.4 Å². The van der Waals surface area contributed by atoms with Gasteiger partial charge in [0.1, 0.15) is 24.2 Å². The van der Waals surface area contributed by atoms with Gasteiger partial charge in [0.25, 0.3) is 5.89 Å². The molecule has 1 aliphatic rings. The molecule has 2 heterocycles. The molecule has 6 nitrogen and oxygen atoms in total. The topological polar surface area (TPSA) is 84.2 Å². The molecule has 1 N–H and O–H groups in total. The average molecular weight is 398 g/mol. The van der Waals surface area contributed by atoms with Gasteiger partial charge in [0.15, 0.2) is 5.76 Å². The molecule has 0 amide bonds. The zero-order valence-corrected chi connectivity index (χ0v) is 16.0. The summed E-state index contributed by atoms with van der Waals surface area (Å²) < 4.78 is 17.2. The lowest BCUT2D eigenvalue weighted by molar-refractivity contribution is 0.271. The normalized spacial score (nSPS) is 14.6. The predicted molar refractivity (Wildman–Crippen MR) is 105 cm³/mol. The van der Waals surface area contributed by atoms with Crippen LogP contribution < -0.4 is 10.1 Å². The molecule has 144 valence electrons. The van der Waals surface area contributed by atoms with E-state index in [0.717, 1.165) is 12.8 Å². The summed E-state index contributed by atoms with van der Waals surface area (Å²) in [5, 5.41) is 13.3. The van der Waals surface area contributed by atoms with Gasteiger partial charge in [0.2, 0.25) is 11.6 Å². The highest BCUT2D eigenvalue weighted by Gasteiger charge is 2.21. The van der Waals surface area contributed by atoms with Crippen LogP contribution >= 0.6 is 11.6 Å². The van der Waals surface area contributed by atoms with Gasteiger partial charge < -0.3 is 18.9 Å². The van der Waals surface area contributed by atoms with E-state index in [4.69, 9.17) is 25.2 Å². The van der Waals surface area contributed by atoms with Crippen molar-refractivity contribution in [3.63, 3.8) is 0 Å². The fraction of sp³-hybridized carbons (Fsp3) is 0.333. The average Bonchev–Trinajstić information content (AvgIpc) is 3.35. The first-order valence-electron chi connectivity index (χ1n) is 9.36. The van der Waals surface area contributed by atoms with Crippen molar-refractivity contribution in [3.05, 3.63) is 52.9 Å². The van der Waals surface area contributed by atoms with Crippen LogP contribution in [0.5, 0.6) is 5.75 Å². The minimum atomic E-state index is 0.246. The molecule has 1 aromatic carbocycles. The Bertz CT molecular complexity index is 966. The highest BCUT2D eigenvalue weighted by molar-refractivity contribution is 6.30. The van der Waals surface area contributed by atoms with E-state index in [1.165, 1.54) is 19.3 Å². The van der Waals surface area contributed by atoms with Crippen molar-refractivity contribution in [3.8, 4) is 23.5 Å². The molecular weight excluding hydrogens is 378 g/mol. The SMILES string of the molecule is N#Cc1nc(-c2ccc(COc3ccc(Cl)cc3)o2)oc1NC1CCCCC1. The van der Waals surface area contributed by atoms with E-state index in [-0.39, 0.29) is 18.2 Å². The van der Waals surface area contributed by atoms with Crippen LogP contribution in [0.1, 0.15) is 43.6 Å². The maximum Gasteiger partial charge on any atom is 0.266 e. The molecule has 0 atom stereocenters. The number of nitriles is 1. The second-order valence-corrected chi connectivity index (χ2v) is 7.23. The van der Waals surface area contributed by atoms with Crippen LogP contribution in [0, 0.1) is 11.3 Å². The van der Waals surface area contributed by atoms with Gasteiger partial charge in [-0.1, -0.05) is 30.9 Å². The van der Waals surface area contributed by atoms with E-state index in [0.29, 0.717) is 34.2 Å². The third-order valence-electron chi connectivity index (χ3n) is 4.74. The van der Waals surface area contributed by atoms with Gasteiger partial charge in [-0.25, -0.2) is 0 Å². The van der Waals surface area contributed by atoms with Crippen molar-refractivity contribution in [2.45, 2.75) is 44.8 Å². The predicted octanol–water partition coefficient (Wildman–Crippen LogP) is 5.78. The zero-order chi connectivity index (χ0) is 19.3. The smallest absolute Gasteiger partial charge is 0.266 e. The molecule has 7 heteroatoms. The molecule has 2 aromatic heterocycles. The number of anilines is 1. The molecule has 0 aliphatic heterocycles. The number of hydrogen-bond acceptors (Lipinski definition) is 6. The largest absolute Gasteiger partial charge is 0.486 e. The number of nitrogens with one attached hydrogen (secondary N) is 1. The Balaban J connectivity index is 1.44. The fourth-order valence-electron chi connectivity index (χ4n) is 3.29. The van der Waals surface area contributed by atoms with E-state index >= 15 is 0 Å². The third-order valence-corrected chi connectivity index (χ3v) is 4.99. The number of hydrogen-bond donors (Lipinski definition) is 1. The quantitative estimate of drug-likeness (QED) is 0.567. The molecule has 28 heavy (non-hydrogen) atoms. The monoisotopic (exact) mass is 397 g/mol. The molecule has 0 radical (unpaired) electrons. The molecule has 0 unspecified atom stereocenters. The number of nitrogens with zero attached hydrogens (tertiary/aromatic N) is 2. The van der Waals surface area contributed by atoms with E-state index in [2.05, 4.69) is 16.4 Å². The number of rotatable bonds is 6. The molecule has 0 spiro atoms. The van der Waals surface area contributed by atoms with Gasteiger partial charge in [-0.05, 0) is 49.2 Å². The molecule has 1 fully saturated rings. The van der Waals surface area contributed by atoms with Crippen LogP contribution in [0.3, 0.4) is 0 Å². The molecule has 1 aliphatic carbocycles. The number of oxazole rings is 1. The van der Waals surface area contributed by atoms with Crippen molar-refractivity contribution >= 4 is 17.5 Å². The Kier molecular flexibility index (Phi) is 5.54. The summed E-state index contributed by atoms with van der Waals surface area (Å²) in [6.45, 7) is 0.265. The fourth-order valence-corrected chi connectivity index (χ4v) is 3.41. The van der Waals surface area contributed by atoms with Crippen LogP contribution in [-0.2, 0) is 6.61 Å². The van der Waals surface area contributed by atoms with Crippen molar-refractivity contribution in [1.82, 2.24) is 4.98 Å². The number of halogens is 1. The molecule has 0 bridgehead atoms. The van der Waals surface area contributed by atoms with E-state index in [1.807, 2.05) is 0 Å². The molecule has 3 aromatic rings. The minimum absolute atomic E-state index is 0.246. The second-order valence-electron chi connectivity index (χ2n) is 6.80. The summed E-state index contributed by atoms with van der Waals surface area (Å²) >= 11 is 5.87. The van der Waals surface area contributed by atoms with Crippen molar-refractivity contribution in [2.24, 2.45) is 0 Å². The second kappa shape index (κ2) is 8.41. The Morgan fingerprint density at radius 3 is 2.64 bits per heavy atom. The maximum absolute atomic E-state index is 9.37. The van der Waals surface area contributed by atoms with Crippen LogP contribution in [0.4, 0.5) is 5.88 Å². The summed E-state index contributed by atoms with van der Waals surface area (Å²) in [5.74, 6) is 2.49. The van der Waals surface area contributed by atoms with Gasteiger partial charge in [-0.15, -0.1) is 0 Å². The van der Waals surface area contributed by atoms with Crippen LogP contribution in [0.2, 0.25) is 5.02 Å². The number of aromatic nitrogens is 1. The van der Waals surface area contributed by atoms with Crippen molar-refractivity contribution < 1.29 is 13.6 Å². The molecule has 4 rings (SSSR count). The Morgan fingerprint density at radius 2 is 1.89 bits per heavy atom. The summed E-state index contributed by atoms with van der Waals surface area (Å²) in [6, 6.07) is 13.1. The van der Waals surface area contributed by atoms with Crippen molar-refractivity contribution in [1.29, 1.82) is 5.26 Å².